The van der Waals surface area contributed by atoms with Gasteiger partial charge in [0.25, 0.3) is 10.2 Å². The minimum absolute atomic E-state index is 0.192. The summed E-state index contributed by atoms with van der Waals surface area (Å²) in [4.78, 5) is 13.4. The van der Waals surface area contributed by atoms with Crippen LogP contribution in [0.3, 0.4) is 0 Å². The number of carbonyl (C=O) groups excluding carboxylic acids is 1. The molecule has 1 N–H and O–H groups in total. The summed E-state index contributed by atoms with van der Waals surface area (Å²) in [5.74, 6) is 0.205. The van der Waals surface area contributed by atoms with Crippen LogP contribution in [0.15, 0.2) is 22.8 Å². The average Bonchev–Trinajstić information content (AvgIpc) is 3.08. The molecule has 0 radical (unpaired) electrons. The summed E-state index contributed by atoms with van der Waals surface area (Å²) in [5.41, 5.74) is 0. The topological polar surface area (TPSA) is 92.1 Å². The summed E-state index contributed by atoms with van der Waals surface area (Å²) in [6.45, 7) is 0.824. The van der Waals surface area contributed by atoms with Crippen molar-refractivity contribution in [3.05, 3.63) is 24.2 Å². The Hall–Kier alpha value is -1.42. The highest BCUT2D eigenvalue weighted by Crippen LogP contribution is 2.21. The molecule has 0 spiro atoms. The molecule has 0 aliphatic carbocycles. The molecule has 24 heavy (non-hydrogen) atoms. The van der Waals surface area contributed by atoms with Gasteiger partial charge in [0.05, 0.1) is 25.3 Å². The van der Waals surface area contributed by atoms with Crippen LogP contribution in [-0.2, 0) is 19.7 Å². The Kier molecular flexibility index (Phi) is 6.39. The van der Waals surface area contributed by atoms with Gasteiger partial charge in [0, 0.05) is 19.6 Å². The van der Waals surface area contributed by atoms with E-state index in [1.807, 2.05) is 25.1 Å². The lowest BCUT2D eigenvalue weighted by atomic mass is 9.99. The molecule has 1 unspecified atom stereocenters. The second kappa shape index (κ2) is 8.11. The second-order valence-corrected chi connectivity index (χ2v) is 7.80. The summed E-state index contributed by atoms with van der Waals surface area (Å²) >= 11 is 0. The van der Waals surface area contributed by atoms with Crippen molar-refractivity contribution in [2.75, 3.05) is 40.8 Å². The number of nitrogens with one attached hydrogen (secondary N) is 1. The molecule has 0 amide bonds. The summed E-state index contributed by atoms with van der Waals surface area (Å²) in [7, 11) is 1.48. The van der Waals surface area contributed by atoms with Gasteiger partial charge in [-0.05, 0) is 39.1 Å². The quantitative estimate of drug-likeness (QED) is 0.717. The van der Waals surface area contributed by atoms with E-state index in [2.05, 4.69) is 4.72 Å². The zero-order valence-corrected chi connectivity index (χ0v) is 15.1. The zero-order valence-electron chi connectivity index (χ0n) is 14.3. The molecule has 0 saturated carbocycles. The van der Waals surface area contributed by atoms with Gasteiger partial charge in [-0.15, -0.1) is 0 Å². The lowest BCUT2D eigenvalue weighted by molar-refractivity contribution is -0.146. The number of furan rings is 1. The number of hydrogen-bond donors (Lipinski definition) is 1. The minimum Gasteiger partial charge on any atom is -0.469 e. The molecule has 9 heteroatoms. The standard InChI is InChI=1S/C15H25N3O5S/c1-17(2)13(14-5-4-10-23-14)11-16-24(20,21)18-8-6-12(7-9-18)15(19)22-3/h4-5,10,12-13,16H,6-9,11H2,1-3H3. The first-order valence-corrected chi connectivity index (χ1v) is 9.31. The Morgan fingerprint density at radius 2 is 2.12 bits per heavy atom. The number of ether oxygens (including phenoxy) is 1. The molecular formula is C15H25N3O5S. The van der Waals surface area contributed by atoms with Gasteiger partial charge in [-0.3, -0.25) is 9.69 Å². The number of nitrogens with zero attached hydrogens (tertiary/aromatic N) is 2. The molecule has 1 aliphatic rings. The number of carbonyl (C=O) groups is 1. The van der Waals surface area contributed by atoms with Crippen LogP contribution in [0.4, 0.5) is 0 Å². The molecule has 136 valence electrons. The average molecular weight is 359 g/mol. The van der Waals surface area contributed by atoms with Crippen molar-refractivity contribution in [1.29, 1.82) is 0 Å². The van der Waals surface area contributed by atoms with Gasteiger partial charge in [0.1, 0.15) is 5.76 Å². The van der Waals surface area contributed by atoms with Crippen LogP contribution < -0.4 is 4.72 Å². The highest BCUT2D eigenvalue weighted by Gasteiger charge is 2.32. The van der Waals surface area contributed by atoms with Crippen LogP contribution in [0.25, 0.3) is 0 Å². The van der Waals surface area contributed by atoms with Gasteiger partial charge in [0.2, 0.25) is 0 Å². The third kappa shape index (κ3) is 4.56. The first-order chi connectivity index (χ1) is 11.3. The predicted molar refractivity (Wildman–Crippen MR) is 88.4 cm³/mol. The van der Waals surface area contributed by atoms with Crippen molar-refractivity contribution in [3.8, 4) is 0 Å². The Morgan fingerprint density at radius 1 is 1.46 bits per heavy atom. The third-order valence-electron chi connectivity index (χ3n) is 4.28. The van der Waals surface area contributed by atoms with Crippen molar-refractivity contribution >= 4 is 16.2 Å². The van der Waals surface area contributed by atoms with E-state index in [1.54, 1.807) is 12.3 Å². The fourth-order valence-electron chi connectivity index (χ4n) is 2.79. The van der Waals surface area contributed by atoms with E-state index < -0.39 is 10.2 Å². The summed E-state index contributed by atoms with van der Waals surface area (Å²) < 4.78 is 39.1. The highest BCUT2D eigenvalue weighted by molar-refractivity contribution is 7.87. The number of hydrogen-bond acceptors (Lipinski definition) is 6. The van der Waals surface area contributed by atoms with Crippen molar-refractivity contribution in [2.45, 2.75) is 18.9 Å². The van der Waals surface area contributed by atoms with Gasteiger partial charge in [0.15, 0.2) is 0 Å². The van der Waals surface area contributed by atoms with E-state index in [4.69, 9.17) is 9.15 Å². The van der Waals surface area contributed by atoms with Crippen LogP contribution in [0.2, 0.25) is 0 Å². The second-order valence-electron chi connectivity index (χ2n) is 6.04. The van der Waals surface area contributed by atoms with Crippen molar-refractivity contribution in [3.63, 3.8) is 0 Å². The zero-order chi connectivity index (χ0) is 17.7. The van der Waals surface area contributed by atoms with Crippen molar-refractivity contribution < 1.29 is 22.4 Å². The van der Waals surface area contributed by atoms with Gasteiger partial charge in [-0.1, -0.05) is 0 Å². The monoisotopic (exact) mass is 359 g/mol. The Bertz CT molecular complexity index is 622. The lowest BCUT2D eigenvalue weighted by Gasteiger charge is -2.31. The first-order valence-electron chi connectivity index (χ1n) is 7.87. The van der Waals surface area contributed by atoms with Crippen LogP contribution >= 0.6 is 0 Å². The van der Waals surface area contributed by atoms with Crippen LogP contribution in [0, 0.1) is 5.92 Å². The normalized spacial score (nSPS) is 18.7. The van der Waals surface area contributed by atoms with Gasteiger partial charge >= 0.3 is 5.97 Å². The number of esters is 1. The molecule has 1 aromatic rings. The van der Waals surface area contributed by atoms with E-state index in [9.17, 15) is 13.2 Å². The highest BCUT2D eigenvalue weighted by atomic mass is 32.2. The fraction of sp³-hybridized carbons (Fsp3) is 0.667. The van der Waals surface area contributed by atoms with Crippen molar-refractivity contribution in [2.24, 2.45) is 5.92 Å². The molecule has 2 rings (SSSR count). The molecule has 1 saturated heterocycles. The smallest absolute Gasteiger partial charge is 0.308 e. The summed E-state index contributed by atoms with van der Waals surface area (Å²) in [5, 5.41) is 0. The molecule has 1 fully saturated rings. The molecule has 8 nitrogen and oxygen atoms in total. The number of likely N-dealkylation sites (N-methyl/N-ethyl adjacent to an activating group) is 1. The van der Waals surface area contributed by atoms with Crippen LogP contribution in [0.5, 0.6) is 0 Å². The van der Waals surface area contributed by atoms with Crippen LogP contribution in [0.1, 0.15) is 24.6 Å². The number of methoxy groups -OCH3 is 1. The van der Waals surface area contributed by atoms with Crippen molar-refractivity contribution in [1.82, 2.24) is 13.9 Å². The maximum absolute atomic E-state index is 12.5. The molecule has 1 atom stereocenters. The van der Waals surface area contributed by atoms with E-state index in [-0.39, 0.29) is 24.5 Å². The first kappa shape index (κ1) is 18.9. The largest absolute Gasteiger partial charge is 0.469 e. The Balaban J connectivity index is 1.93. The van der Waals surface area contributed by atoms with Gasteiger partial charge in [-0.2, -0.15) is 12.7 Å². The molecule has 0 aromatic carbocycles. The summed E-state index contributed by atoms with van der Waals surface area (Å²) in [6.07, 6.45) is 2.52. The van der Waals surface area contributed by atoms with E-state index in [1.165, 1.54) is 11.4 Å². The SMILES string of the molecule is COC(=O)C1CCN(S(=O)(=O)NCC(c2ccco2)N(C)C)CC1. The van der Waals surface area contributed by atoms with Gasteiger partial charge < -0.3 is 9.15 Å². The maximum atomic E-state index is 12.5. The fourth-order valence-corrected chi connectivity index (χ4v) is 4.04. The number of piperidine rings is 1. The minimum atomic E-state index is -3.60. The molecule has 0 bridgehead atoms. The van der Waals surface area contributed by atoms with Gasteiger partial charge in [-0.25, -0.2) is 4.72 Å². The third-order valence-corrected chi connectivity index (χ3v) is 5.86. The lowest BCUT2D eigenvalue weighted by Crippen LogP contribution is -2.47. The Labute approximate surface area is 142 Å². The number of rotatable bonds is 7. The maximum Gasteiger partial charge on any atom is 0.308 e. The molecule has 1 aromatic heterocycles. The molecule has 2 heterocycles. The van der Waals surface area contributed by atoms with E-state index >= 15 is 0 Å². The summed E-state index contributed by atoms with van der Waals surface area (Å²) in [6, 6.07) is 3.40. The molecular weight excluding hydrogens is 334 g/mol. The van der Waals surface area contributed by atoms with E-state index in [0.29, 0.717) is 31.7 Å². The van der Waals surface area contributed by atoms with E-state index in [0.717, 1.165) is 0 Å². The Morgan fingerprint density at radius 3 is 2.62 bits per heavy atom. The molecule has 1 aliphatic heterocycles. The predicted octanol–water partition coefficient (Wildman–Crippen LogP) is 0.602. The van der Waals surface area contributed by atoms with Crippen LogP contribution in [-0.4, -0.2) is 64.4 Å².